The minimum absolute atomic E-state index is 0. The highest BCUT2D eigenvalue weighted by Crippen LogP contribution is 2.38. The van der Waals surface area contributed by atoms with Crippen molar-refractivity contribution < 1.29 is 5.11 Å². The van der Waals surface area contributed by atoms with E-state index in [1.807, 2.05) is 0 Å². The van der Waals surface area contributed by atoms with Gasteiger partial charge in [-0.3, -0.25) is 0 Å². The van der Waals surface area contributed by atoms with Crippen LogP contribution in [0.4, 0.5) is 5.69 Å². The Kier molecular flexibility index (Phi) is 10.3. The fraction of sp³-hybridized carbons (Fsp3) is 0.609. The number of anilines is 1. The van der Waals surface area contributed by atoms with Crippen LogP contribution in [-0.2, 0) is 6.54 Å². The van der Waals surface area contributed by atoms with Crippen LogP contribution in [0.5, 0.6) is 0 Å². The Morgan fingerprint density at radius 1 is 1.07 bits per heavy atom. The molecule has 29 heavy (non-hydrogen) atoms. The predicted octanol–water partition coefficient (Wildman–Crippen LogP) is 4.07. The zero-order valence-corrected chi connectivity index (χ0v) is 20.0. The summed E-state index contributed by atoms with van der Waals surface area (Å²) in [6, 6.07) is 8.73. The third kappa shape index (κ3) is 7.17. The van der Waals surface area contributed by atoms with Gasteiger partial charge >= 0.3 is 0 Å². The normalized spacial score (nSPS) is 18.4. The molecule has 0 bridgehead atoms. The van der Waals surface area contributed by atoms with E-state index in [2.05, 4.69) is 58.9 Å². The van der Waals surface area contributed by atoms with Crippen LogP contribution in [0.3, 0.4) is 0 Å². The maximum Gasteiger partial charge on any atom is 0.191 e. The van der Waals surface area contributed by atoms with Gasteiger partial charge in [0.15, 0.2) is 5.96 Å². The van der Waals surface area contributed by atoms with E-state index < -0.39 is 0 Å². The quantitative estimate of drug-likeness (QED) is 0.213. The van der Waals surface area contributed by atoms with E-state index in [0.29, 0.717) is 6.54 Å². The van der Waals surface area contributed by atoms with E-state index in [-0.39, 0.29) is 36.0 Å². The summed E-state index contributed by atoms with van der Waals surface area (Å²) >= 11 is 0. The van der Waals surface area contributed by atoms with E-state index in [0.717, 1.165) is 38.6 Å². The van der Waals surface area contributed by atoms with E-state index in [1.165, 1.54) is 43.4 Å². The number of nitrogens with zero attached hydrogens (tertiary/aromatic N) is 2. The first-order chi connectivity index (χ1) is 13.7. The second-order valence-corrected chi connectivity index (χ2v) is 8.13. The molecule has 1 aromatic rings. The highest BCUT2D eigenvalue weighted by atomic mass is 127. The van der Waals surface area contributed by atoms with Gasteiger partial charge in [0.1, 0.15) is 0 Å². The highest BCUT2D eigenvalue weighted by molar-refractivity contribution is 14.0. The van der Waals surface area contributed by atoms with Crippen LogP contribution in [0, 0.1) is 5.41 Å². The molecule has 1 aliphatic heterocycles. The lowest BCUT2D eigenvalue weighted by Gasteiger charge is -2.37. The molecule has 0 radical (unpaired) electrons. The molecule has 1 aliphatic carbocycles. The summed E-state index contributed by atoms with van der Waals surface area (Å²) in [6.07, 6.45) is 11.6. The molecule has 0 saturated heterocycles. The third-order valence-corrected chi connectivity index (χ3v) is 6.07. The van der Waals surface area contributed by atoms with E-state index >= 15 is 0 Å². The number of aliphatic hydroxyl groups excluding tert-OH is 1. The number of nitrogens with one attached hydrogen (secondary N) is 2. The van der Waals surface area contributed by atoms with Crippen LogP contribution >= 0.6 is 24.0 Å². The van der Waals surface area contributed by atoms with Crippen LogP contribution in [0.2, 0.25) is 0 Å². The van der Waals surface area contributed by atoms with Crippen LogP contribution in [0.25, 0.3) is 0 Å². The number of halogens is 1. The monoisotopic (exact) mass is 512 g/mol. The number of aliphatic hydroxyl groups is 1. The molecule has 0 aromatic heterocycles. The second-order valence-electron chi connectivity index (χ2n) is 8.13. The molecular formula is C23H37IN4O. The van der Waals surface area contributed by atoms with Gasteiger partial charge in [-0.1, -0.05) is 43.5 Å². The second kappa shape index (κ2) is 12.4. The van der Waals surface area contributed by atoms with E-state index in [4.69, 9.17) is 4.99 Å². The molecule has 0 amide bonds. The van der Waals surface area contributed by atoms with E-state index in [9.17, 15) is 5.11 Å². The van der Waals surface area contributed by atoms with Crippen LogP contribution < -0.4 is 15.5 Å². The molecule has 1 heterocycles. The van der Waals surface area contributed by atoms with Gasteiger partial charge in [-0.25, -0.2) is 4.99 Å². The molecule has 5 nitrogen and oxygen atoms in total. The SMILES string of the molecule is CCNC(=NCc1ccc(N2CC=CC2)cc1)NCC1(CCO)CCCCC1.I. The largest absolute Gasteiger partial charge is 0.396 e. The number of benzene rings is 1. The molecule has 0 unspecified atom stereocenters. The molecule has 162 valence electrons. The van der Waals surface area contributed by atoms with Crippen molar-refractivity contribution in [1.82, 2.24) is 10.6 Å². The van der Waals surface area contributed by atoms with Gasteiger partial charge < -0.3 is 20.6 Å². The molecule has 1 aromatic carbocycles. The standard InChI is InChI=1S/C23H36N4O.HI/c1-2-24-22(26-19-23(14-17-28)12-4-3-5-13-23)25-18-20-8-10-21(11-9-20)27-15-6-7-16-27;/h6-11,28H,2-5,12-19H2,1H3,(H2,24,25,26);1H. The fourth-order valence-corrected chi connectivity index (χ4v) is 4.34. The Balaban J connectivity index is 0.00000300. The van der Waals surface area contributed by atoms with Crippen LogP contribution in [0.1, 0.15) is 51.0 Å². The smallest absolute Gasteiger partial charge is 0.191 e. The van der Waals surface area contributed by atoms with Gasteiger partial charge in [-0.05, 0) is 49.3 Å². The number of rotatable bonds is 8. The summed E-state index contributed by atoms with van der Waals surface area (Å²) in [7, 11) is 0. The topological polar surface area (TPSA) is 59.9 Å². The lowest BCUT2D eigenvalue weighted by Crippen LogP contribution is -2.44. The van der Waals surface area contributed by atoms with Crippen LogP contribution in [0.15, 0.2) is 41.4 Å². The first kappa shape index (κ1) is 24.0. The molecule has 0 atom stereocenters. The minimum atomic E-state index is 0. The molecule has 3 rings (SSSR count). The van der Waals surface area contributed by atoms with Gasteiger partial charge in [-0.2, -0.15) is 0 Å². The minimum Gasteiger partial charge on any atom is -0.396 e. The van der Waals surface area contributed by atoms with Crippen molar-refractivity contribution in [2.75, 3.05) is 37.7 Å². The summed E-state index contributed by atoms with van der Waals surface area (Å²) in [5.74, 6) is 0.873. The average molecular weight is 512 g/mol. The summed E-state index contributed by atoms with van der Waals surface area (Å²) in [6.45, 7) is 6.78. The first-order valence-electron chi connectivity index (χ1n) is 10.9. The van der Waals surface area contributed by atoms with Gasteiger partial charge in [0.2, 0.25) is 0 Å². The van der Waals surface area contributed by atoms with Crippen molar-refractivity contribution in [3.63, 3.8) is 0 Å². The van der Waals surface area contributed by atoms with Crippen molar-refractivity contribution in [3.8, 4) is 0 Å². The molecule has 0 spiro atoms. The van der Waals surface area contributed by atoms with Crippen molar-refractivity contribution in [3.05, 3.63) is 42.0 Å². The lowest BCUT2D eigenvalue weighted by molar-refractivity contribution is 0.131. The molecule has 6 heteroatoms. The zero-order chi connectivity index (χ0) is 19.7. The van der Waals surface area contributed by atoms with Gasteiger partial charge in [0, 0.05) is 38.5 Å². The van der Waals surface area contributed by atoms with Crippen molar-refractivity contribution in [1.29, 1.82) is 0 Å². The average Bonchev–Trinajstić information content (AvgIpc) is 3.26. The van der Waals surface area contributed by atoms with Crippen molar-refractivity contribution in [2.24, 2.45) is 10.4 Å². The highest BCUT2D eigenvalue weighted by Gasteiger charge is 2.31. The summed E-state index contributed by atoms with van der Waals surface area (Å²) < 4.78 is 0. The predicted molar refractivity (Wildman–Crippen MR) is 133 cm³/mol. The van der Waals surface area contributed by atoms with Crippen molar-refractivity contribution in [2.45, 2.75) is 52.0 Å². The Morgan fingerprint density at radius 2 is 1.76 bits per heavy atom. The Hall–Kier alpha value is -1.28. The molecule has 3 N–H and O–H groups in total. The maximum absolute atomic E-state index is 9.52. The van der Waals surface area contributed by atoms with Crippen molar-refractivity contribution >= 4 is 35.6 Å². The Bertz CT molecular complexity index is 640. The number of hydrogen-bond acceptors (Lipinski definition) is 3. The summed E-state index contributed by atoms with van der Waals surface area (Å²) in [5, 5.41) is 16.4. The fourth-order valence-electron chi connectivity index (χ4n) is 4.34. The molecule has 1 saturated carbocycles. The molecule has 2 aliphatic rings. The zero-order valence-electron chi connectivity index (χ0n) is 17.7. The van der Waals surface area contributed by atoms with Gasteiger partial charge in [-0.15, -0.1) is 24.0 Å². The molecule has 1 fully saturated rings. The third-order valence-electron chi connectivity index (χ3n) is 6.07. The van der Waals surface area contributed by atoms with Gasteiger partial charge in [0.05, 0.1) is 6.54 Å². The first-order valence-corrected chi connectivity index (χ1v) is 10.9. The lowest BCUT2D eigenvalue weighted by atomic mass is 9.72. The van der Waals surface area contributed by atoms with E-state index in [1.54, 1.807) is 0 Å². The van der Waals surface area contributed by atoms with Gasteiger partial charge in [0.25, 0.3) is 0 Å². The Labute approximate surface area is 193 Å². The number of guanidine groups is 1. The number of aliphatic imine (C=N–C) groups is 1. The summed E-state index contributed by atoms with van der Waals surface area (Å²) in [4.78, 5) is 7.14. The Morgan fingerprint density at radius 3 is 2.38 bits per heavy atom. The maximum atomic E-state index is 9.52. The number of hydrogen-bond donors (Lipinski definition) is 3. The van der Waals surface area contributed by atoms with Crippen LogP contribution in [-0.4, -0.2) is 43.9 Å². The summed E-state index contributed by atoms with van der Waals surface area (Å²) in [5.41, 5.74) is 2.70. The molecular weight excluding hydrogens is 475 g/mol.